The molecule has 0 radical (unpaired) electrons. The summed E-state index contributed by atoms with van der Waals surface area (Å²) in [6.07, 6.45) is 5.95. The minimum Gasteiger partial charge on any atom is -0.339 e. The summed E-state index contributed by atoms with van der Waals surface area (Å²) in [6, 6.07) is 5.87. The van der Waals surface area contributed by atoms with Gasteiger partial charge in [0.25, 0.3) is 0 Å². The lowest BCUT2D eigenvalue weighted by atomic mass is 10.0. The number of amides is 3. The molecular weight excluding hydrogens is 318 g/mol. The first-order valence-electron chi connectivity index (χ1n) is 9.13. The number of carbonyl (C=O) groups is 3. The van der Waals surface area contributed by atoms with Gasteiger partial charge in [-0.3, -0.25) is 14.4 Å². The molecule has 0 bridgehead atoms. The molecule has 1 saturated heterocycles. The molecule has 3 amide bonds. The Labute approximate surface area is 147 Å². The van der Waals surface area contributed by atoms with Gasteiger partial charge in [0.2, 0.25) is 17.7 Å². The Bertz CT molecular complexity index is 725. The first-order chi connectivity index (χ1) is 12.1. The maximum absolute atomic E-state index is 12.6. The summed E-state index contributed by atoms with van der Waals surface area (Å²) >= 11 is 0. The van der Waals surface area contributed by atoms with Gasteiger partial charge in [0.15, 0.2) is 0 Å². The second-order valence-electron chi connectivity index (χ2n) is 7.29. The largest absolute Gasteiger partial charge is 0.339 e. The average Bonchev–Trinajstić information content (AvgIpc) is 3.24. The number of hydrogen-bond donors (Lipinski definition) is 2. The molecule has 3 aliphatic rings. The normalized spacial score (nSPS) is 23.5. The fourth-order valence-electron chi connectivity index (χ4n) is 4.18. The predicted molar refractivity (Wildman–Crippen MR) is 94.1 cm³/mol. The van der Waals surface area contributed by atoms with E-state index in [0.29, 0.717) is 31.8 Å². The zero-order valence-corrected chi connectivity index (χ0v) is 14.2. The number of likely N-dealkylation sites (tertiary alicyclic amines) is 1. The molecule has 6 heteroatoms. The number of nitrogens with zero attached hydrogens (tertiary/aromatic N) is 1. The van der Waals surface area contributed by atoms with Gasteiger partial charge in [-0.25, -0.2) is 0 Å². The molecule has 0 aromatic heterocycles. The molecular formula is C19H23N3O3. The molecule has 2 heterocycles. The van der Waals surface area contributed by atoms with Crippen LogP contribution in [0.4, 0.5) is 11.4 Å². The van der Waals surface area contributed by atoms with Crippen molar-refractivity contribution >= 4 is 29.1 Å². The molecule has 2 aliphatic heterocycles. The van der Waals surface area contributed by atoms with Gasteiger partial charge < -0.3 is 15.5 Å². The molecule has 0 spiro atoms. The van der Waals surface area contributed by atoms with Gasteiger partial charge in [0.1, 0.15) is 0 Å². The fraction of sp³-hybridized carbons (Fsp3) is 0.526. The average molecular weight is 341 g/mol. The van der Waals surface area contributed by atoms with Crippen LogP contribution in [0, 0.1) is 5.92 Å². The third kappa shape index (κ3) is 3.25. The van der Waals surface area contributed by atoms with E-state index in [1.807, 2.05) is 17.0 Å². The number of aryl methyl sites for hydroxylation is 1. The predicted octanol–water partition coefficient (Wildman–Crippen LogP) is 2.30. The van der Waals surface area contributed by atoms with Crippen LogP contribution in [0.5, 0.6) is 0 Å². The number of carbonyl (C=O) groups excluding carboxylic acids is 3. The van der Waals surface area contributed by atoms with Crippen molar-refractivity contribution in [1.29, 1.82) is 0 Å². The highest BCUT2D eigenvalue weighted by molar-refractivity contribution is 5.98. The van der Waals surface area contributed by atoms with Crippen LogP contribution < -0.4 is 10.6 Å². The van der Waals surface area contributed by atoms with Crippen molar-refractivity contribution < 1.29 is 14.4 Å². The smallest absolute Gasteiger partial charge is 0.229 e. The Hall–Kier alpha value is -2.37. The highest BCUT2D eigenvalue weighted by Crippen LogP contribution is 2.30. The molecule has 2 N–H and O–H groups in total. The molecule has 1 aromatic rings. The van der Waals surface area contributed by atoms with E-state index in [9.17, 15) is 14.4 Å². The molecule has 25 heavy (non-hydrogen) atoms. The fourth-order valence-corrected chi connectivity index (χ4v) is 4.18. The van der Waals surface area contributed by atoms with Gasteiger partial charge in [-0.05, 0) is 43.0 Å². The molecule has 1 saturated carbocycles. The van der Waals surface area contributed by atoms with Crippen molar-refractivity contribution in [2.45, 2.75) is 51.0 Å². The summed E-state index contributed by atoms with van der Waals surface area (Å²) in [5.41, 5.74) is 2.58. The van der Waals surface area contributed by atoms with Crippen LogP contribution in [0.25, 0.3) is 0 Å². The minimum atomic E-state index is -0.274. The summed E-state index contributed by atoms with van der Waals surface area (Å²) in [5, 5.41) is 5.78. The summed E-state index contributed by atoms with van der Waals surface area (Å²) in [6.45, 7) is 0.538. The van der Waals surface area contributed by atoms with Crippen molar-refractivity contribution in [3.8, 4) is 0 Å². The van der Waals surface area contributed by atoms with E-state index >= 15 is 0 Å². The van der Waals surface area contributed by atoms with Crippen LogP contribution >= 0.6 is 0 Å². The number of benzene rings is 1. The summed E-state index contributed by atoms with van der Waals surface area (Å²) < 4.78 is 0. The first kappa shape index (κ1) is 16.1. The standard InChI is InChI=1S/C19H23N3O3/c23-17-8-5-12-9-14(6-7-16(12)21-17)20-19(25)13-10-18(24)22(11-13)15-3-1-2-4-15/h6-7,9,13,15H,1-5,8,10-11H2,(H,20,25)(H,21,23)/t13-/m0/s1. The Morgan fingerprint density at radius 3 is 2.76 bits per heavy atom. The second kappa shape index (κ2) is 6.50. The molecule has 4 rings (SSSR count). The van der Waals surface area contributed by atoms with Gasteiger partial charge in [0, 0.05) is 36.8 Å². The Kier molecular flexibility index (Phi) is 4.19. The number of fused-ring (bicyclic) bond motifs is 1. The van der Waals surface area contributed by atoms with Crippen molar-refractivity contribution in [1.82, 2.24) is 4.90 Å². The van der Waals surface area contributed by atoms with Crippen LogP contribution in [0.15, 0.2) is 18.2 Å². The van der Waals surface area contributed by atoms with E-state index in [0.717, 1.165) is 29.8 Å². The lowest BCUT2D eigenvalue weighted by Gasteiger charge is -2.24. The molecule has 6 nitrogen and oxygen atoms in total. The molecule has 0 unspecified atom stereocenters. The Balaban J connectivity index is 1.40. The maximum Gasteiger partial charge on any atom is 0.229 e. The molecule has 2 fully saturated rings. The van der Waals surface area contributed by atoms with Crippen molar-refractivity contribution in [2.75, 3.05) is 17.2 Å². The summed E-state index contributed by atoms with van der Waals surface area (Å²) in [4.78, 5) is 38.2. The number of rotatable bonds is 3. The monoisotopic (exact) mass is 341 g/mol. The van der Waals surface area contributed by atoms with Gasteiger partial charge in [-0.1, -0.05) is 12.8 Å². The van der Waals surface area contributed by atoms with E-state index < -0.39 is 0 Å². The van der Waals surface area contributed by atoms with Crippen LogP contribution in [0.1, 0.15) is 44.1 Å². The van der Waals surface area contributed by atoms with Crippen LogP contribution in [-0.4, -0.2) is 35.2 Å². The van der Waals surface area contributed by atoms with E-state index in [2.05, 4.69) is 10.6 Å². The van der Waals surface area contributed by atoms with E-state index in [1.54, 1.807) is 6.07 Å². The van der Waals surface area contributed by atoms with Crippen LogP contribution in [0.2, 0.25) is 0 Å². The van der Waals surface area contributed by atoms with Crippen molar-refractivity contribution in [3.63, 3.8) is 0 Å². The third-order valence-corrected chi connectivity index (χ3v) is 5.56. The van der Waals surface area contributed by atoms with Gasteiger partial charge in [-0.15, -0.1) is 0 Å². The molecule has 1 aromatic carbocycles. The minimum absolute atomic E-state index is 0.0285. The first-order valence-corrected chi connectivity index (χ1v) is 9.13. The SMILES string of the molecule is O=C1CCc2cc(NC(=O)[C@H]3CC(=O)N(C4CCCC4)C3)ccc2N1. The lowest BCUT2D eigenvalue weighted by molar-refractivity contribution is -0.130. The molecule has 1 aliphatic carbocycles. The van der Waals surface area contributed by atoms with Crippen LogP contribution in [-0.2, 0) is 20.8 Å². The summed E-state index contributed by atoms with van der Waals surface area (Å²) in [5.74, 6) is -0.224. The topological polar surface area (TPSA) is 78.5 Å². The summed E-state index contributed by atoms with van der Waals surface area (Å²) in [7, 11) is 0. The van der Waals surface area contributed by atoms with Crippen molar-refractivity contribution in [2.24, 2.45) is 5.92 Å². The number of hydrogen-bond acceptors (Lipinski definition) is 3. The highest BCUT2D eigenvalue weighted by atomic mass is 16.2. The lowest BCUT2D eigenvalue weighted by Crippen LogP contribution is -2.35. The zero-order chi connectivity index (χ0) is 17.4. The van der Waals surface area contributed by atoms with E-state index in [1.165, 1.54) is 12.8 Å². The van der Waals surface area contributed by atoms with Gasteiger partial charge in [-0.2, -0.15) is 0 Å². The second-order valence-corrected chi connectivity index (χ2v) is 7.29. The van der Waals surface area contributed by atoms with E-state index in [-0.39, 0.29) is 23.6 Å². The number of anilines is 2. The third-order valence-electron chi connectivity index (χ3n) is 5.56. The van der Waals surface area contributed by atoms with Gasteiger partial charge in [0.05, 0.1) is 5.92 Å². The Morgan fingerprint density at radius 2 is 1.96 bits per heavy atom. The van der Waals surface area contributed by atoms with E-state index in [4.69, 9.17) is 0 Å². The molecule has 1 atom stereocenters. The Morgan fingerprint density at radius 1 is 1.16 bits per heavy atom. The quantitative estimate of drug-likeness (QED) is 0.885. The van der Waals surface area contributed by atoms with Gasteiger partial charge >= 0.3 is 0 Å². The molecule has 132 valence electrons. The zero-order valence-electron chi connectivity index (χ0n) is 14.2. The number of nitrogens with one attached hydrogen (secondary N) is 2. The van der Waals surface area contributed by atoms with Crippen LogP contribution in [0.3, 0.4) is 0 Å². The van der Waals surface area contributed by atoms with Crippen molar-refractivity contribution in [3.05, 3.63) is 23.8 Å². The maximum atomic E-state index is 12.6. The highest BCUT2D eigenvalue weighted by Gasteiger charge is 2.38.